The molecule has 1 N–H and O–H groups in total. The number of hydrogen-bond acceptors (Lipinski definition) is 3. The predicted octanol–water partition coefficient (Wildman–Crippen LogP) is 1.49. The molecule has 0 aliphatic carbocycles. The highest BCUT2D eigenvalue weighted by atomic mass is 32.2. The molecule has 1 fully saturated rings. The normalized spacial score (nSPS) is 15.8. The molecule has 1 saturated heterocycles. The highest BCUT2D eigenvalue weighted by Crippen LogP contribution is 2.21. The van der Waals surface area contributed by atoms with Gasteiger partial charge in [-0.05, 0) is 24.1 Å². The van der Waals surface area contributed by atoms with Crippen molar-refractivity contribution in [3.05, 3.63) is 29.8 Å². The summed E-state index contributed by atoms with van der Waals surface area (Å²) in [5, 5.41) is 0. The van der Waals surface area contributed by atoms with Crippen molar-refractivity contribution in [2.45, 2.75) is 33.2 Å². The van der Waals surface area contributed by atoms with Crippen molar-refractivity contribution in [2.24, 2.45) is 0 Å². The summed E-state index contributed by atoms with van der Waals surface area (Å²) in [5.74, 6) is 0.148. The van der Waals surface area contributed by atoms with Crippen LogP contribution in [0.5, 0.6) is 0 Å². The third-order valence-corrected chi connectivity index (χ3v) is 5.53. The Balaban J connectivity index is 1.98. The van der Waals surface area contributed by atoms with E-state index in [1.807, 2.05) is 38.1 Å². The maximum Gasteiger partial charge on any atom is 0.279 e. The van der Waals surface area contributed by atoms with Gasteiger partial charge in [0.05, 0.1) is 0 Å². The van der Waals surface area contributed by atoms with E-state index < -0.39 is 10.2 Å². The summed E-state index contributed by atoms with van der Waals surface area (Å²) < 4.78 is 28.1. The number of hydrogen-bond donors (Lipinski definition) is 1. The summed E-state index contributed by atoms with van der Waals surface area (Å²) in [4.78, 5) is 13.5. The average Bonchev–Trinajstić information content (AvgIpc) is 2.93. The maximum atomic E-state index is 12.0. The van der Waals surface area contributed by atoms with Crippen molar-refractivity contribution >= 4 is 21.8 Å². The number of amides is 1. The van der Waals surface area contributed by atoms with E-state index in [4.69, 9.17) is 0 Å². The van der Waals surface area contributed by atoms with Gasteiger partial charge in [0, 0.05) is 38.3 Å². The van der Waals surface area contributed by atoms with E-state index in [9.17, 15) is 13.2 Å². The molecule has 1 aliphatic heterocycles. The molecule has 1 aliphatic rings. The lowest BCUT2D eigenvalue weighted by Crippen LogP contribution is -2.40. The molecule has 0 unspecified atom stereocenters. The molecule has 0 spiro atoms. The second-order valence-electron chi connectivity index (χ2n) is 5.23. The van der Waals surface area contributed by atoms with E-state index >= 15 is 0 Å². The molecule has 0 aromatic heterocycles. The number of carbonyl (C=O) groups excluding carboxylic acids is 1. The van der Waals surface area contributed by atoms with Gasteiger partial charge < -0.3 is 4.90 Å². The van der Waals surface area contributed by atoms with Gasteiger partial charge in [-0.2, -0.15) is 17.4 Å². The van der Waals surface area contributed by atoms with Crippen LogP contribution in [-0.2, 0) is 21.5 Å². The summed E-state index contributed by atoms with van der Waals surface area (Å²) in [6.07, 6.45) is 1.50. The van der Waals surface area contributed by atoms with Crippen molar-refractivity contribution < 1.29 is 13.2 Å². The van der Waals surface area contributed by atoms with Crippen LogP contribution < -0.4 is 9.62 Å². The fourth-order valence-corrected chi connectivity index (χ4v) is 3.76. The Kier molecular flexibility index (Phi) is 5.55. The minimum atomic E-state index is -3.44. The minimum absolute atomic E-state index is 0.148. The van der Waals surface area contributed by atoms with Gasteiger partial charge >= 0.3 is 0 Å². The number of anilines is 1. The molecule has 122 valence electrons. The van der Waals surface area contributed by atoms with Crippen molar-refractivity contribution in [1.29, 1.82) is 0 Å². The van der Waals surface area contributed by atoms with Crippen molar-refractivity contribution in [1.82, 2.24) is 9.03 Å². The molecule has 7 heteroatoms. The fraction of sp³-hybridized carbons (Fsp3) is 0.533. The number of nitrogens with one attached hydrogen (secondary N) is 1. The SMILES string of the molecule is CCN(CC)S(=O)(=O)NCc1ccc(N2CCCC2=O)cc1. The third-order valence-electron chi connectivity index (χ3n) is 3.83. The molecule has 1 aromatic carbocycles. The van der Waals surface area contributed by atoms with Crippen LogP contribution in [0.25, 0.3) is 0 Å². The summed E-state index contributed by atoms with van der Waals surface area (Å²) in [7, 11) is -3.44. The van der Waals surface area contributed by atoms with Gasteiger partial charge in [0.2, 0.25) is 5.91 Å². The third kappa shape index (κ3) is 3.85. The average molecular weight is 325 g/mol. The second-order valence-corrected chi connectivity index (χ2v) is 6.98. The second kappa shape index (κ2) is 7.21. The molecular weight excluding hydrogens is 302 g/mol. The Morgan fingerprint density at radius 1 is 1.18 bits per heavy atom. The molecule has 0 radical (unpaired) electrons. The standard InChI is InChI=1S/C15H23N3O3S/c1-3-17(4-2)22(20,21)16-12-13-7-9-14(10-8-13)18-11-5-6-15(18)19/h7-10,16H,3-6,11-12H2,1-2H3. The number of carbonyl (C=O) groups is 1. The Morgan fingerprint density at radius 3 is 2.32 bits per heavy atom. The first-order valence-electron chi connectivity index (χ1n) is 7.62. The van der Waals surface area contributed by atoms with Gasteiger partial charge in [0.15, 0.2) is 0 Å². The van der Waals surface area contributed by atoms with E-state index in [1.165, 1.54) is 4.31 Å². The topological polar surface area (TPSA) is 69.7 Å². The van der Waals surface area contributed by atoms with Crippen LogP contribution in [0, 0.1) is 0 Å². The molecule has 22 heavy (non-hydrogen) atoms. The summed E-state index contributed by atoms with van der Waals surface area (Å²) in [6.45, 7) is 5.51. The van der Waals surface area contributed by atoms with Crippen molar-refractivity contribution in [3.63, 3.8) is 0 Å². The molecule has 1 aromatic rings. The zero-order chi connectivity index (χ0) is 16.2. The van der Waals surface area contributed by atoms with Crippen LogP contribution >= 0.6 is 0 Å². The van der Waals surface area contributed by atoms with Gasteiger partial charge in [0.25, 0.3) is 10.2 Å². The lowest BCUT2D eigenvalue weighted by atomic mass is 10.2. The van der Waals surface area contributed by atoms with Crippen LogP contribution in [0.4, 0.5) is 5.69 Å². The largest absolute Gasteiger partial charge is 0.312 e. The minimum Gasteiger partial charge on any atom is -0.312 e. The lowest BCUT2D eigenvalue weighted by molar-refractivity contribution is -0.117. The molecule has 1 heterocycles. The molecule has 2 rings (SSSR count). The van der Waals surface area contributed by atoms with E-state index in [-0.39, 0.29) is 12.5 Å². The zero-order valence-corrected chi connectivity index (χ0v) is 13.9. The number of rotatable bonds is 7. The quantitative estimate of drug-likeness (QED) is 0.826. The molecular formula is C15H23N3O3S. The summed E-state index contributed by atoms with van der Waals surface area (Å²) in [6, 6.07) is 7.44. The predicted molar refractivity (Wildman–Crippen MR) is 86.7 cm³/mol. The van der Waals surface area contributed by atoms with E-state index in [0.29, 0.717) is 19.5 Å². The van der Waals surface area contributed by atoms with E-state index in [2.05, 4.69) is 4.72 Å². The van der Waals surface area contributed by atoms with E-state index in [0.717, 1.165) is 24.2 Å². The van der Waals surface area contributed by atoms with Gasteiger partial charge in [-0.1, -0.05) is 26.0 Å². The number of nitrogens with zero attached hydrogens (tertiary/aromatic N) is 2. The summed E-state index contributed by atoms with van der Waals surface area (Å²) >= 11 is 0. The van der Waals surface area contributed by atoms with Crippen molar-refractivity contribution in [3.8, 4) is 0 Å². The van der Waals surface area contributed by atoms with Gasteiger partial charge in [-0.25, -0.2) is 0 Å². The van der Waals surface area contributed by atoms with Crippen LogP contribution in [0.15, 0.2) is 24.3 Å². The highest BCUT2D eigenvalue weighted by molar-refractivity contribution is 7.87. The molecule has 0 atom stereocenters. The summed E-state index contributed by atoms with van der Waals surface area (Å²) in [5.41, 5.74) is 1.74. The first-order valence-corrected chi connectivity index (χ1v) is 9.06. The highest BCUT2D eigenvalue weighted by Gasteiger charge is 2.21. The number of benzene rings is 1. The Labute approximate surface area is 132 Å². The monoisotopic (exact) mass is 325 g/mol. The Hall–Kier alpha value is -1.44. The van der Waals surface area contributed by atoms with Crippen LogP contribution in [0.2, 0.25) is 0 Å². The van der Waals surface area contributed by atoms with Gasteiger partial charge in [-0.15, -0.1) is 0 Å². The fourth-order valence-electron chi connectivity index (χ4n) is 2.54. The molecule has 0 bridgehead atoms. The van der Waals surface area contributed by atoms with Crippen LogP contribution in [-0.4, -0.2) is 38.3 Å². The van der Waals surface area contributed by atoms with Crippen LogP contribution in [0.3, 0.4) is 0 Å². The Morgan fingerprint density at radius 2 is 1.82 bits per heavy atom. The molecule has 6 nitrogen and oxygen atoms in total. The molecule has 1 amide bonds. The molecule has 0 saturated carbocycles. The first-order chi connectivity index (χ1) is 10.5. The van der Waals surface area contributed by atoms with E-state index in [1.54, 1.807) is 4.90 Å². The van der Waals surface area contributed by atoms with Gasteiger partial charge in [-0.3, -0.25) is 4.79 Å². The first kappa shape index (κ1) is 16.9. The zero-order valence-electron chi connectivity index (χ0n) is 13.1. The van der Waals surface area contributed by atoms with Gasteiger partial charge in [0.1, 0.15) is 0 Å². The van der Waals surface area contributed by atoms with Crippen molar-refractivity contribution in [2.75, 3.05) is 24.5 Å². The maximum absolute atomic E-state index is 12.0. The van der Waals surface area contributed by atoms with Crippen LogP contribution in [0.1, 0.15) is 32.3 Å². The Bertz CT molecular complexity index is 609. The smallest absolute Gasteiger partial charge is 0.279 e. The lowest BCUT2D eigenvalue weighted by Gasteiger charge is -2.19.